The number of hydrogen-bond donors (Lipinski definition) is 1. The average Bonchev–Trinajstić information content (AvgIpc) is 2.86. The third kappa shape index (κ3) is 2.74. The summed E-state index contributed by atoms with van der Waals surface area (Å²) in [6.07, 6.45) is 2.85. The third-order valence-electron chi connectivity index (χ3n) is 4.27. The quantitative estimate of drug-likeness (QED) is 0.916. The summed E-state index contributed by atoms with van der Waals surface area (Å²) in [5, 5.41) is 0. The van der Waals surface area contributed by atoms with Crippen LogP contribution in [-0.2, 0) is 12.0 Å². The van der Waals surface area contributed by atoms with Gasteiger partial charge in [-0.2, -0.15) is 0 Å². The predicted molar refractivity (Wildman–Crippen MR) is 83.7 cm³/mol. The molecular formula is C18H21NO2. The molecule has 1 unspecified atom stereocenters. The molecule has 0 aromatic heterocycles. The van der Waals surface area contributed by atoms with Gasteiger partial charge in [0, 0.05) is 12.0 Å². The number of benzene rings is 2. The van der Waals surface area contributed by atoms with Gasteiger partial charge in [0.25, 0.3) is 0 Å². The highest BCUT2D eigenvalue weighted by molar-refractivity contribution is 5.40. The first-order valence-corrected chi connectivity index (χ1v) is 7.36. The molecule has 0 saturated heterocycles. The lowest BCUT2D eigenvalue weighted by molar-refractivity contribution is 0.246. The smallest absolute Gasteiger partial charge is 0.161 e. The molecular weight excluding hydrogens is 262 g/mol. The number of methoxy groups -OCH3 is 1. The Morgan fingerprint density at radius 1 is 1.05 bits per heavy atom. The van der Waals surface area contributed by atoms with Gasteiger partial charge in [0.2, 0.25) is 0 Å². The van der Waals surface area contributed by atoms with Crippen LogP contribution in [0.5, 0.6) is 11.5 Å². The summed E-state index contributed by atoms with van der Waals surface area (Å²) in [5.41, 5.74) is 8.97. The van der Waals surface area contributed by atoms with Crippen molar-refractivity contribution in [2.75, 3.05) is 13.7 Å². The van der Waals surface area contributed by atoms with Crippen LogP contribution in [0, 0.1) is 0 Å². The van der Waals surface area contributed by atoms with Crippen molar-refractivity contribution in [1.82, 2.24) is 0 Å². The van der Waals surface area contributed by atoms with Crippen LogP contribution in [0.15, 0.2) is 48.5 Å². The molecule has 2 N–H and O–H groups in total. The highest BCUT2D eigenvalue weighted by Crippen LogP contribution is 2.37. The predicted octanol–water partition coefficient (Wildman–Crippen LogP) is 3.26. The van der Waals surface area contributed by atoms with Crippen molar-refractivity contribution in [2.24, 2.45) is 5.73 Å². The van der Waals surface area contributed by atoms with Gasteiger partial charge in [-0.15, -0.1) is 0 Å². The Balaban J connectivity index is 1.66. The Morgan fingerprint density at radius 3 is 2.57 bits per heavy atom. The van der Waals surface area contributed by atoms with Gasteiger partial charge in [-0.3, -0.25) is 0 Å². The minimum absolute atomic E-state index is 0.265. The van der Waals surface area contributed by atoms with Crippen LogP contribution >= 0.6 is 0 Å². The summed E-state index contributed by atoms with van der Waals surface area (Å²) in [5.74, 6) is 1.53. The Hall–Kier alpha value is -2.00. The number of rotatable bonds is 5. The number of nitrogens with two attached hydrogens (primary N) is 1. The Bertz CT molecular complexity index is 626. The molecule has 3 nitrogen and oxygen atoms in total. The van der Waals surface area contributed by atoms with Crippen LogP contribution in [0.3, 0.4) is 0 Å². The molecule has 0 fully saturated rings. The third-order valence-corrected chi connectivity index (χ3v) is 4.27. The Labute approximate surface area is 125 Å². The van der Waals surface area contributed by atoms with Gasteiger partial charge in [0.05, 0.1) is 13.7 Å². The van der Waals surface area contributed by atoms with E-state index in [4.69, 9.17) is 15.2 Å². The van der Waals surface area contributed by atoms with E-state index < -0.39 is 0 Å². The lowest BCUT2D eigenvalue weighted by Crippen LogP contribution is -2.35. The molecule has 0 amide bonds. The zero-order valence-corrected chi connectivity index (χ0v) is 12.3. The van der Waals surface area contributed by atoms with E-state index in [9.17, 15) is 0 Å². The van der Waals surface area contributed by atoms with Crippen LogP contribution in [0.1, 0.15) is 24.0 Å². The summed E-state index contributed by atoms with van der Waals surface area (Å²) < 4.78 is 11.2. The molecule has 0 radical (unpaired) electrons. The minimum Gasteiger partial charge on any atom is -0.493 e. The molecule has 0 bridgehead atoms. The van der Waals surface area contributed by atoms with E-state index in [0.717, 1.165) is 30.8 Å². The van der Waals surface area contributed by atoms with E-state index in [1.54, 1.807) is 7.11 Å². The van der Waals surface area contributed by atoms with E-state index in [1.165, 1.54) is 11.1 Å². The van der Waals surface area contributed by atoms with Crippen LogP contribution in [0.25, 0.3) is 0 Å². The molecule has 1 aliphatic rings. The van der Waals surface area contributed by atoms with Crippen molar-refractivity contribution in [2.45, 2.75) is 24.8 Å². The van der Waals surface area contributed by atoms with Crippen LogP contribution in [-0.4, -0.2) is 13.7 Å². The Morgan fingerprint density at radius 2 is 1.76 bits per heavy atom. The minimum atomic E-state index is -0.265. The second-order valence-corrected chi connectivity index (χ2v) is 5.56. The van der Waals surface area contributed by atoms with Gasteiger partial charge in [-0.05, 0) is 36.1 Å². The first-order valence-electron chi connectivity index (χ1n) is 7.36. The standard InChI is InChI=1S/C18H21NO2/c1-20-16-8-4-5-9-17(16)21-13-12-18(19)11-10-14-6-2-3-7-15(14)18/h2-9H,10-13,19H2,1H3. The largest absolute Gasteiger partial charge is 0.493 e. The molecule has 21 heavy (non-hydrogen) atoms. The van der Waals surface area contributed by atoms with Crippen molar-refractivity contribution in [1.29, 1.82) is 0 Å². The van der Waals surface area contributed by atoms with Gasteiger partial charge in [0.1, 0.15) is 0 Å². The molecule has 0 aliphatic heterocycles. The van der Waals surface area contributed by atoms with E-state index in [-0.39, 0.29) is 5.54 Å². The fourth-order valence-corrected chi connectivity index (χ4v) is 3.06. The van der Waals surface area contributed by atoms with Gasteiger partial charge in [-0.1, -0.05) is 36.4 Å². The van der Waals surface area contributed by atoms with Gasteiger partial charge in [0.15, 0.2) is 11.5 Å². The zero-order chi connectivity index (χ0) is 14.7. The molecule has 0 heterocycles. The van der Waals surface area contributed by atoms with Crippen LogP contribution in [0.4, 0.5) is 0 Å². The fourth-order valence-electron chi connectivity index (χ4n) is 3.06. The van der Waals surface area contributed by atoms with E-state index in [1.807, 2.05) is 24.3 Å². The number of para-hydroxylation sites is 2. The van der Waals surface area contributed by atoms with E-state index >= 15 is 0 Å². The molecule has 2 aromatic carbocycles. The second-order valence-electron chi connectivity index (χ2n) is 5.56. The number of fused-ring (bicyclic) bond motifs is 1. The number of ether oxygens (including phenoxy) is 2. The van der Waals surface area contributed by atoms with Crippen LogP contribution < -0.4 is 15.2 Å². The molecule has 3 rings (SSSR count). The van der Waals surface area contributed by atoms with Crippen LogP contribution in [0.2, 0.25) is 0 Å². The maximum atomic E-state index is 6.59. The van der Waals surface area contributed by atoms with Crippen molar-refractivity contribution in [3.05, 3.63) is 59.7 Å². The van der Waals surface area contributed by atoms with Crippen molar-refractivity contribution in [3.8, 4) is 11.5 Å². The first-order chi connectivity index (χ1) is 10.2. The molecule has 1 aliphatic carbocycles. The van der Waals surface area contributed by atoms with Crippen molar-refractivity contribution >= 4 is 0 Å². The summed E-state index contributed by atoms with van der Waals surface area (Å²) in [6, 6.07) is 16.2. The summed E-state index contributed by atoms with van der Waals surface area (Å²) >= 11 is 0. The summed E-state index contributed by atoms with van der Waals surface area (Å²) in [6.45, 7) is 0.588. The average molecular weight is 283 g/mol. The molecule has 0 spiro atoms. The zero-order valence-electron chi connectivity index (χ0n) is 12.3. The monoisotopic (exact) mass is 283 g/mol. The highest BCUT2D eigenvalue weighted by Gasteiger charge is 2.34. The molecule has 1 atom stereocenters. The maximum Gasteiger partial charge on any atom is 0.161 e. The van der Waals surface area contributed by atoms with Gasteiger partial charge >= 0.3 is 0 Å². The molecule has 0 saturated carbocycles. The normalized spacial score (nSPS) is 20.1. The Kier molecular flexibility index (Phi) is 3.84. The molecule has 2 aromatic rings. The van der Waals surface area contributed by atoms with E-state index in [2.05, 4.69) is 24.3 Å². The van der Waals surface area contributed by atoms with Crippen molar-refractivity contribution < 1.29 is 9.47 Å². The van der Waals surface area contributed by atoms with Gasteiger partial charge < -0.3 is 15.2 Å². The SMILES string of the molecule is COc1ccccc1OCCC1(N)CCc2ccccc21. The molecule has 110 valence electrons. The maximum absolute atomic E-state index is 6.59. The summed E-state index contributed by atoms with van der Waals surface area (Å²) in [4.78, 5) is 0. The van der Waals surface area contributed by atoms with Crippen molar-refractivity contribution in [3.63, 3.8) is 0 Å². The number of aryl methyl sites for hydroxylation is 1. The lowest BCUT2D eigenvalue weighted by atomic mass is 9.90. The first kappa shape index (κ1) is 14.0. The lowest BCUT2D eigenvalue weighted by Gasteiger charge is -2.25. The summed E-state index contributed by atoms with van der Waals surface area (Å²) in [7, 11) is 1.65. The highest BCUT2D eigenvalue weighted by atomic mass is 16.5. The topological polar surface area (TPSA) is 44.5 Å². The fraction of sp³-hybridized carbons (Fsp3) is 0.333. The molecule has 3 heteroatoms. The number of hydrogen-bond acceptors (Lipinski definition) is 3. The second kappa shape index (κ2) is 5.78. The van der Waals surface area contributed by atoms with Gasteiger partial charge in [-0.25, -0.2) is 0 Å². The van der Waals surface area contributed by atoms with E-state index in [0.29, 0.717) is 6.61 Å².